The van der Waals surface area contributed by atoms with E-state index in [0.29, 0.717) is 12.2 Å². The largest absolute Gasteiger partial charge is 0.374 e. The van der Waals surface area contributed by atoms with Crippen LogP contribution in [0.1, 0.15) is 27.7 Å². The summed E-state index contributed by atoms with van der Waals surface area (Å²) in [7, 11) is 0. The smallest absolute Gasteiger partial charge is 0.0653 e. The summed E-state index contributed by atoms with van der Waals surface area (Å²) >= 11 is 2.16. The molecule has 2 heteroatoms. The van der Waals surface area contributed by atoms with Crippen LogP contribution in [0.25, 0.3) is 0 Å². The quantitative estimate of drug-likeness (QED) is 0.732. The lowest BCUT2D eigenvalue weighted by Crippen LogP contribution is -2.43. The van der Waals surface area contributed by atoms with E-state index in [-0.39, 0.29) is 0 Å². The molecule has 0 spiro atoms. The summed E-state index contributed by atoms with van der Waals surface area (Å²) in [6.07, 6.45) is 1.19. The van der Waals surface area contributed by atoms with Gasteiger partial charge >= 0.3 is 0 Å². The lowest BCUT2D eigenvalue weighted by atomic mass is 9.63. The standard InChI is InChI=1S/C14H24OS/c1-7(2)11-12(8(3)4)14-10-6-16-5-9(10)13(11)15-14/h7-14H,5-6H2,1-4H3. The third kappa shape index (κ3) is 1.42. The second-order valence-corrected chi connectivity index (χ2v) is 7.65. The molecule has 3 saturated heterocycles. The van der Waals surface area contributed by atoms with E-state index in [4.69, 9.17) is 4.74 Å². The monoisotopic (exact) mass is 240 g/mol. The third-order valence-electron chi connectivity index (χ3n) is 5.07. The lowest BCUT2D eigenvalue weighted by Gasteiger charge is -2.38. The van der Waals surface area contributed by atoms with Gasteiger partial charge in [-0.2, -0.15) is 11.8 Å². The Bertz CT molecular complexity index is 250. The Balaban J connectivity index is 1.89. The zero-order valence-corrected chi connectivity index (χ0v) is 11.7. The molecule has 6 atom stereocenters. The summed E-state index contributed by atoms with van der Waals surface area (Å²) in [4.78, 5) is 0. The van der Waals surface area contributed by atoms with Gasteiger partial charge in [0.25, 0.3) is 0 Å². The van der Waals surface area contributed by atoms with Crippen LogP contribution in [0, 0.1) is 35.5 Å². The molecule has 92 valence electrons. The molecule has 3 heterocycles. The van der Waals surface area contributed by atoms with Crippen molar-refractivity contribution < 1.29 is 4.74 Å². The molecule has 0 radical (unpaired) electrons. The third-order valence-corrected chi connectivity index (χ3v) is 6.31. The van der Waals surface area contributed by atoms with Crippen LogP contribution in [0.15, 0.2) is 0 Å². The average molecular weight is 240 g/mol. The topological polar surface area (TPSA) is 9.23 Å². The predicted molar refractivity (Wildman–Crippen MR) is 69.6 cm³/mol. The molecule has 0 amide bonds. The van der Waals surface area contributed by atoms with Gasteiger partial charge in [-0.05, 0) is 35.2 Å². The summed E-state index contributed by atoms with van der Waals surface area (Å²) in [5.41, 5.74) is 0. The Hall–Kier alpha value is 0.310. The highest BCUT2D eigenvalue weighted by Gasteiger charge is 2.61. The van der Waals surface area contributed by atoms with Gasteiger partial charge in [0.15, 0.2) is 0 Å². The first-order chi connectivity index (χ1) is 7.61. The molecule has 0 aromatic heterocycles. The van der Waals surface area contributed by atoms with Crippen LogP contribution in [0.3, 0.4) is 0 Å². The summed E-state index contributed by atoms with van der Waals surface area (Å²) in [5, 5.41) is 0. The van der Waals surface area contributed by atoms with Gasteiger partial charge in [-0.1, -0.05) is 27.7 Å². The Morgan fingerprint density at radius 1 is 0.875 bits per heavy atom. The molecule has 16 heavy (non-hydrogen) atoms. The molecule has 1 nitrogen and oxygen atoms in total. The fraction of sp³-hybridized carbons (Fsp3) is 1.00. The van der Waals surface area contributed by atoms with E-state index in [1.165, 1.54) is 11.5 Å². The van der Waals surface area contributed by atoms with Crippen molar-refractivity contribution in [2.45, 2.75) is 39.9 Å². The molecular weight excluding hydrogens is 216 g/mol. The van der Waals surface area contributed by atoms with E-state index in [1.54, 1.807) is 0 Å². The number of ether oxygens (including phenoxy) is 1. The minimum absolute atomic E-state index is 0.595. The second-order valence-electron chi connectivity index (χ2n) is 6.57. The van der Waals surface area contributed by atoms with Crippen LogP contribution in [-0.4, -0.2) is 23.7 Å². The Morgan fingerprint density at radius 3 is 1.69 bits per heavy atom. The number of thioether (sulfide) groups is 1. The van der Waals surface area contributed by atoms with Gasteiger partial charge in [-0.3, -0.25) is 0 Å². The van der Waals surface area contributed by atoms with Crippen molar-refractivity contribution in [2.24, 2.45) is 35.5 Å². The molecule has 0 aliphatic carbocycles. The zero-order valence-electron chi connectivity index (χ0n) is 10.8. The number of fused-ring (bicyclic) bond motifs is 5. The normalized spacial score (nSPS) is 50.6. The van der Waals surface area contributed by atoms with E-state index in [1.807, 2.05) is 0 Å². The van der Waals surface area contributed by atoms with Crippen LogP contribution in [0.4, 0.5) is 0 Å². The molecule has 3 fully saturated rings. The maximum absolute atomic E-state index is 6.37. The van der Waals surface area contributed by atoms with Crippen LogP contribution in [-0.2, 0) is 4.74 Å². The first-order valence-corrected chi connectivity index (χ1v) is 8.00. The molecule has 0 aromatic carbocycles. The molecule has 0 N–H and O–H groups in total. The Kier molecular flexibility index (Phi) is 2.79. The van der Waals surface area contributed by atoms with E-state index in [9.17, 15) is 0 Å². The fourth-order valence-electron chi connectivity index (χ4n) is 4.49. The van der Waals surface area contributed by atoms with Gasteiger partial charge in [0.1, 0.15) is 0 Å². The minimum Gasteiger partial charge on any atom is -0.374 e. The van der Waals surface area contributed by atoms with Gasteiger partial charge in [-0.25, -0.2) is 0 Å². The van der Waals surface area contributed by atoms with E-state index in [2.05, 4.69) is 39.5 Å². The molecule has 3 aliphatic rings. The maximum Gasteiger partial charge on any atom is 0.0653 e. The first-order valence-electron chi connectivity index (χ1n) is 6.84. The predicted octanol–water partition coefficient (Wildman–Crippen LogP) is 3.29. The second kappa shape index (κ2) is 3.91. The number of hydrogen-bond donors (Lipinski definition) is 0. The van der Waals surface area contributed by atoms with E-state index < -0.39 is 0 Å². The van der Waals surface area contributed by atoms with E-state index >= 15 is 0 Å². The van der Waals surface area contributed by atoms with Gasteiger partial charge < -0.3 is 4.74 Å². The van der Waals surface area contributed by atoms with E-state index in [0.717, 1.165) is 35.5 Å². The van der Waals surface area contributed by atoms with Gasteiger partial charge in [-0.15, -0.1) is 0 Å². The number of hydrogen-bond acceptors (Lipinski definition) is 2. The minimum atomic E-state index is 0.595. The van der Waals surface area contributed by atoms with Crippen LogP contribution in [0.5, 0.6) is 0 Å². The summed E-state index contributed by atoms with van der Waals surface area (Å²) in [6, 6.07) is 0. The molecule has 0 aromatic rings. The molecule has 3 rings (SSSR count). The average Bonchev–Trinajstić information content (AvgIpc) is 2.87. The molecule has 0 saturated carbocycles. The van der Waals surface area contributed by atoms with Gasteiger partial charge in [0.05, 0.1) is 12.2 Å². The van der Waals surface area contributed by atoms with Crippen molar-refractivity contribution in [1.29, 1.82) is 0 Å². The van der Waals surface area contributed by atoms with Gasteiger partial charge in [0, 0.05) is 11.8 Å². The number of rotatable bonds is 2. The summed E-state index contributed by atoms with van der Waals surface area (Å²) in [6.45, 7) is 9.56. The zero-order chi connectivity index (χ0) is 11.4. The van der Waals surface area contributed by atoms with Crippen molar-refractivity contribution in [3.05, 3.63) is 0 Å². The van der Waals surface area contributed by atoms with Crippen molar-refractivity contribution >= 4 is 11.8 Å². The highest BCUT2D eigenvalue weighted by molar-refractivity contribution is 7.99. The van der Waals surface area contributed by atoms with Crippen LogP contribution in [0.2, 0.25) is 0 Å². The molecule has 2 bridgehead atoms. The summed E-state index contributed by atoms with van der Waals surface area (Å²) in [5.74, 6) is 7.72. The maximum atomic E-state index is 6.37. The Morgan fingerprint density at radius 2 is 1.31 bits per heavy atom. The SMILES string of the molecule is CC(C)C1C2OC(C3CSCC32)C1C(C)C. The molecule has 6 unspecified atom stereocenters. The summed E-state index contributed by atoms with van der Waals surface area (Å²) < 4.78 is 6.37. The Labute approximate surface area is 104 Å². The van der Waals surface area contributed by atoms with Crippen molar-refractivity contribution in [2.75, 3.05) is 11.5 Å². The first kappa shape index (κ1) is 11.4. The van der Waals surface area contributed by atoms with Crippen LogP contribution >= 0.6 is 11.8 Å². The van der Waals surface area contributed by atoms with Crippen molar-refractivity contribution in [1.82, 2.24) is 0 Å². The van der Waals surface area contributed by atoms with Crippen molar-refractivity contribution in [3.63, 3.8) is 0 Å². The molecular formula is C14H24OS. The highest BCUT2D eigenvalue weighted by atomic mass is 32.2. The van der Waals surface area contributed by atoms with Crippen LogP contribution < -0.4 is 0 Å². The molecule has 3 aliphatic heterocycles. The lowest BCUT2D eigenvalue weighted by molar-refractivity contribution is 0.0657. The van der Waals surface area contributed by atoms with Gasteiger partial charge in [0.2, 0.25) is 0 Å². The fourth-order valence-corrected chi connectivity index (χ4v) is 6.04. The highest BCUT2D eigenvalue weighted by Crippen LogP contribution is 2.58. The van der Waals surface area contributed by atoms with Crippen molar-refractivity contribution in [3.8, 4) is 0 Å².